The lowest BCUT2D eigenvalue weighted by Crippen LogP contribution is -2.00. The highest BCUT2D eigenvalue weighted by Gasteiger charge is 2.23. The summed E-state index contributed by atoms with van der Waals surface area (Å²) in [5, 5.41) is -0.344. The van der Waals surface area contributed by atoms with Crippen molar-refractivity contribution in [1.82, 2.24) is 4.98 Å². The lowest BCUT2D eigenvalue weighted by molar-refractivity contribution is 0.484. The maximum Gasteiger partial charge on any atom is 0.298 e. The first-order valence-electron chi connectivity index (χ1n) is 3.79. The SMILES string of the molecule is O=S(=O)(O)c1c(Cl)c(Cl)cc2oc(=S)[nH]c12. The summed E-state index contributed by atoms with van der Waals surface area (Å²) in [5.74, 6) is 0. The highest BCUT2D eigenvalue weighted by atomic mass is 35.5. The number of aromatic amines is 1. The minimum atomic E-state index is -4.52. The second kappa shape index (κ2) is 3.71. The van der Waals surface area contributed by atoms with Crippen LogP contribution in [0, 0.1) is 4.84 Å². The van der Waals surface area contributed by atoms with Gasteiger partial charge in [0.25, 0.3) is 15.0 Å². The molecule has 0 aliphatic carbocycles. The number of aromatic nitrogens is 1. The third-order valence-electron chi connectivity index (χ3n) is 1.83. The molecule has 0 saturated heterocycles. The van der Waals surface area contributed by atoms with Gasteiger partial charge in [-0.1, -0.05) is 23.2 Å². The van der Waals surface area contributed by atoms with Gasteiger partial charge in [-0.25, -0.2) is 0 Å². The van der Waals surface area contributed by atoms with Gasteiger partial charge in [0.2, 0.25) is 0 Å². The zero-order valence-electron chi connectivity index (χ0n) is 7.32. The van der Waals surface area contributed by atoms with Crippen LogP contribution >= 0.6 is 35.4 Å². The number of oxazole rings is 1. The molecule has 2 N–H and O–H groups in total. The van der Waals surface area contributed by atoms with Crippen LogP contribution < -0.4 is 0 Å². The van der Waals surface area contributed by atoms with Gasteiger partial charge in [-0.2, -0.15) is 8.42 Å². The maximum atomic E-state index is 11.1. The number of halogens is 2. The third kappa shape index (κ3) is 1.85. The molecule has 86 valence electrons. The fourth-order valence-electron chi connectivity index (χ4n) is 1.25. The van der Waals surface area contributed by atoms with Crippen molar-refractivity contribution in [3.63, 3.8) is 0 Å². The Kier molecular flexibility index (Phi) is 2.75. The lowest BCUT2D eigenvalue weighted by atomic mass is 10.3. The van der Waals surface area contributed by atoms with Crippen LogP contribution in [0.1, 0.15) is 0 Å². The molecule has 0 spiro atoms. The van der Waals surface area contributed by atoms with Gasteiger partial charge in [0.05, 0.1) is 10.0 Å². The van der Waals surface area contributed by atoms with E-state index in [9.17, 15) is 8.42 Å². The highest BCUT2D eigenvalue weighted by Crippen LogP contribution is 2.35. The molecule has 0 aliphatic heterocycles. The van der Waals surface area contributed by atoms with Crippen molar-refractivity contribution in [3.8, 4) is 0 Å². The Balaban J connectivity index is 3.10. The molecule has 0 bridgehead atoms. The molecule has 16 heavy (non-hydrogen) atoms. The largest absolute Gasteiger partial charge is 0.429 e. The zero-order chi connectivity index (χ0) is 12.1. The number of hydrogen-bond acceptors (Lipinski definition) is 4. The van der Waals surface area contributed by atoms with E-state index in [1.165, 1.54) is 6.07 Å². The molecule has 2 aromatic rings. The predicted octanol–water partition coefficient (Wildman–Crippen LogP) is 3.04. The summed E-state index contributed by atoms with van der Waals surface area (Å²) in [6.07, 6.45) is 0. The number of fused-ring (bicyclic) bond motifs is 1. The topological polar surface area (TPSA) is 83.3 Å². The normalized spacial score (nSPS) is 12.2. The Morgan fingerprint density at radius 2 is 2.06 bits per heavy atom. The van der Waals surface area contributed by atoms with Crippen molar-refractivity contribution in [3.05, 3.63) is 20.9 Å². The van der Waals surface area contributed by atoms with Crippen LogP contribution in [0.15, 0.2) is 15.4 Å². The lowest BCUT2D eigenvalue weighted by Gasteiger charge is -2.02. The number of nitrogens with one attached hydrogen (secondary N) is 1. The molecule has 0 radical (unpaired) electrons. The molecule has 1 heterocycles. The monoisotopic (exact) mass is 299 g/mol. The van der Waals surface area contributed by atoms with E-state index < -0.39 is 15.0 Å². The van der Waals surface area contributed by atoms with Gasteiger partial charge in [-0.15, -0.1) is 0 Å². The molecule has 0 fully saturated rings. The number of rotatable bonds is 1. The van der Waals surface area contributed by atoms with Crippen molar-refractivity contribution in [1.29, 1.82) is 0 Å². The Bertz CT molecular complexity index is 731. The molecule has 5 nitrogen and oxygen atoms in total. The fraction of sp³-hybridized carbons (Fsp3) is 0. The summed E-state index contributed by atoms with van der Waals surface area (Å²) in [4.78, 5) is 1.88. The number of H-pyrrole nitrogens is 1. The molecule has 1 aromatic carbocycles. The van der Waals surface area contributed by atoms with Crippen molar-refractivity contribution >= 4 is 56.6 Å². The van der Waals surface area contributed by atoms with E-state index in [4.69, 9.17) is 44.4 Å². The van der Waals surface area contributed by atoms with Gasteiger partial charge in [-0.05, 0) is 12.2 Å². The van der Waals surface area contributed by atoms with Crippen LogP contribution in [-0.4, -0.2) is 18.0 Å². The summed E-state index contributed by atoms with van der Waals surface area (Å²) in [5.41, 5.74) is 0.0916. The van der Waals surface area contributed by atoms with Crippen LogP contribution in [0.25, 0.3) is 11.1 Å². The Morgan fingerprint density at radius 3 is 2.62 bits per heavy atom. The van der Waals surface area contributed by atoms with E-state index >= 15 is 0 Å². The van der Waals surface area contributed by atoms with Gasteiger partial charge in [0.15, 0.2) is 5.58 Å². The first-order chi connectivity index (χ1) is 7.30. The van der Waals surface area contributed by atoms with E-state index in [1.807, 2.05) is 0 Å². The molecule has 0 aliphatic rings. The first kappa shape index (κ1) is 11.9. The summed E-state index contributed by atoms with van der Waals surface area (Å²) in [6.45, 7) is 0. The Morgan fingerprint density at radius 1 is 1.44 bits per heavy atom. The van der Waals surface area contributed by atoms with Gasteiger partial charge in [0, 0.05) is 6.07 Å². The average Bonchev–Trinajstić information content (AvgIpc) is 2.43. The third-order valence-corrected chi connectivity index (χ3v) is 3.84. The van der Waals surface area contributed by atoms with Crippen LogP contribution in [0.3, 0.4) is 0 Å². The minimum Gasteiger partial charge on any atom is -0.429 e. The molecule has 9 heteroatoms. The fourth-order valence-corrected chi connectivity index (χ4v) is 2.88. The summed E-state index contributed by atoms with van der Waals surface area (Å²) < 4.78 is 36.3. The molecular weight excluding hydrogens is 297 g/mol. The van der Waals surface area contributed by atoms with E-state index in [1.54, 1.807) is 0 Å². The smallest absolute Gasteiger partial charge is 0.298 e. The summed E-state index contributed by atoms with van der Waals surface area (Å²) in [7, 11) is -4.52. The Hall–Kier alpha value is -0.600. The van der Waals surface area contributed by atoms with Crippen LogP contribution in [0.4, 0.5) is 0 Å². The molecule has 0 amide bonds. The maximum absolute atomic E-state index is 11.1. The van der Waals surface area contributed by atoms with Crippen molar-refractivity contribution in [2.24, 2.45) is 0 Å². The van der Waals surface area contributed by atoms with Gasteiger partial charge >= 0.3 is 0 Å². The van der Waals surface area contributed by atoms with Crippen molar-refractivity contribution in [2.45, 2.75) is 4.90 Å². The minimum absolute atomic E-state index is 0.0121. The van der Waals surface area contributed by atoms with Crippen LogP contribution in [-0.2, 0) is 10.1 Å². The molecule has 1 aromatic heterocycles. The van der Waals surface area contributed by atoms with Crippen molar-refractivity contribution < 1.29 is 17.4 Å². The first-order valence-corrected chi connectivity index (χ1v) is 6.39. The second-order valence-electron chi connectivity index (χ2n) is 2.86. The standard InChI is InChI=1S/C7H3Cl2NO4S2/c8-2-1-3-5(10-7(15)14-3)6(4(2)9)16(11,12)13/h1H,(H,10,15)(H,11,12,13). The number of hydrogen-bond donors (Lipinski definition) is 2. The van der Waals surface area contributed by atoms with Gasteiger partial charge < -0.3 is 9.40 Å². The van der Waals surface area contributed by atoms with E-state index in [0.29, 0.717) is 0 Å². The number of benzene rings is 1. The molecule has 0 atom stereocenters. The Labute approximate surface area is 105 Å². The van der Waals surface area contributed by atoms with E-state index in [-0.39, 0.29) is 26.0 Å². The van der Waals surface area contributed by atoms with Crippen LogP contribution in [0.5, 0.6) is 0 Å². The highest BCUT2D eigenvalue weighted by molar-refractivity contribution is 7.86. The van der Waals surface area contributed by atoms with Crippen LogP contribution in [0.2, 0.25) is 10.0 Å². The molecule has 0 unspecified atom stereocenters. The quantitative estimate of drug-likeness (QED) is 0.624. The zero-order valence-corrected chi connectivity index (χ0v) is 10.5. The summed E-state index contributed by atoms with van der Waals surface area (Å²) >= 11 is 16.1. The molecule has 2 rings (SSSR count). The summed E-state index contributed by atoms with van der Waals surface area (Å²) in [6, 6.07) is 1.31. The van der Waals surface area contributed by atoms with E-state index in [0.717, 1.165) is 0 Å². The van der Waals surface area contributed by atoms with Gasteiger partial charge in [-0.3, -0.25) is 4.55 Å². The average molecular weight is 300 g/mol. The van der Waals surface area contributed by atoms with Gasteiger partial charge in [0.1, 0.15) is 10.4 Å². The van der Waals surface area contributed by atoms with Crippen molar-refractivity contribution in [2.75, 3.05) is 0 Å². The molecular formula is C7H3Cl2NO4S2. The van der Waals surface area contributed by atoms with E-state index in [2.05, 4.69) is 4.98 Å². The molecule has 0 saturated carbocycles. The predicted molar refractivity (Wildman–Crippen MR) is 61.2 cm³/mol. The second-order valence-corrected chi connectivity index (χ2v) is 5.38.